The molecule has 46 valence electrons. The van der Waals surface area contributed by atoms with Gasteiger partial charge in [0.1, 0.15) is 0 Å². The van der Waals surface area contributed by atoms with Crippen LogP contribution in [0.15, 0.2) is 12.7 Å². The third-order valence-electron chi connectivity index (χ3n) is 0.762. The Bertz CT molecular complexity index is 33.2. The molecule has 0 aliphatic carbocycles. The Balaban J connectivity index is 0. The zero-order chi connectivity index (χ0) is 4.83. The maximum absolute atomic E-state index is 3.60. The van der Waals surface area contributed by atoms with Crippen molar-refractivity contribution in [2.45, 2.75) is 26.2 Å². The second kappa shape index (κ2) is 9.64. The molecule has 0 spiro atoms. The maximum atomic E-state index is 3.60. The molecule has 0 unspecified atom stereocenters. The smallest absolute Gasteiger partial charge is 0 e. The molecule has 0 atom stereocenters. The van der Waals surface area contributed by atoms with Crippen molar-refractivity contribution in [3.63, 3.8) is 0 Å². The monoisotopic (exact) mass is 190 g/mol. The van der Waals surface area contributed by atoms with Crippen LogP contribution in [0.25, 0.3) is 0 Å². The van der Waals surface area contributed by atoms with E-state index in [2.05, 4.69) is 13.5 Å². The molecule has 0 aromatic heterocycles. The molecule has 7 heavy (non-hydrogen) atoms. The molecule has 0 fully saturated rings. The summed E-state index contributed by atoms with van der Waals surface area (Å²) in [5.41, 5.74) is 0. The van der Waals surface area contributed by atoms with Crippen LogP contribution in [0.2, 0.25) is 0 Å². The summed E-state index contributed by atoms with van der Waals surface area (Å²) in [6.07, 6.45) is 5.72. The zero-order valence-corrected chi connectivity index (χ0v) is 6.28. The van der Waals surface area contributed by atoms with Crippen LogP contribution < -0.4 is 0 Å². The number of rotatable bonds is 3. The van der Waals surface area contributed by atoms with Crippen molar-refractivity contribution in [2.75, 3.05) is 0 Å². The quantitative estimate of drug-likeness (QED) is 0.364. The summed E-state index contributed by atoms with van der Waals surface area (Å²) in [6, 6.07) is 0. The molecule has 0 bridgehead atoms. The molecule has 0 aliphatic heterocycles. The fourth-order valence-electron chi connectivity index (χ4n) is 0.348. The Morgan fingerprint density at radius 1 is 1.57 bits per heavy atom. The predicted molar refractivity (Wildman–Crippen MR) is 29.7 cm³/mol. The van der Waals surface area contributed by atoms with Gasteiger partial charge in [0.05, 0.1) is 0 Å². The van der Waals surface area contributed by atoms with E-state index in [1.54, 1.807) is 0 Å². The average Bonchev–Trinajstić information content (AvgIpc) is 1.61. The van der Waals surface area contributed by atoms with Crippen molar-refractivity contribution in [2.24, 2.45) is 0 Å². The van der Waals surface area contributed by atoms with Crippen LogP contribution in [0.5, 0.6) is 0 Å². The number of hydrogen-bond acceptors (Lipinski definition) is 0. The Kier molecular flexibility index (Phi) is 14.3. The van der Waals surface area contributed by atoms with Crippen LogP contribution in [0.1, 0.15) is 26.2 Å². The third-order valence-corrected chi connectivity index (χ3v) is 0.762. The zero-order valence-electron chi connectivity index (χ0n) is 4.72. The van der Waals surface area contributed by atoms with Crippen molar-refractivity contribution < 1.29 is 20.4 Å². The molecule has 0 nitrogen and oxygen atoms in total. The van der Waals surface area contributed by atoms with Gasteiger partial charge < -0.3 is 0 Å². The molecule has 0 rings (SSSR count). The Hall–Kier alpha value is 0.402. The topological polar surface area (TPSA) is 0 Å². The summed E-state index contributed by atoms with van der Waals surface area (Å²) < 4.78 is 0. The Labute approximate surface area is 59.7 Å². The molecule has 0 saturated heterocycles. The first kappa shape index (κ1) is 10.4. The first-order chi connectivity index (χ1) is 2.91. The standard InChI is InChI=1S/C6H12.Pd/c1-3-5-6-4-2;/h3H,1,4-6H2,2H3;. The molecular weight excluding hydrogens is 178 g/mol. The van der Waals surface area contributed by atoms with Crippen molar-refractivity contribution in [3.8, 4) is 0 Å². The van der Waals surface area contributed by atoms with Crippen molar-refractivity contribution in [3.05, 3.63) is 12.7 Å². The van der Waals surface area contributed by atoms with Crippen molar-refractivity contribution in [1.29, 1.82) is 0 Å². The normalized spacial score (nSPS) is 7.00. The third kappa shape index (κ3) is 10.7. The van der Waals surface area contributed by atoms with Crippen LogP contribution in [-0.2, 0) is 20.4 Å². The van der Waals surface area contributed by atoms with Gasteiger partial charge in [-0.25, -0.2) is 0 Å². The van der Waals surface area contributed by atoms with E-state index in [1.807, 2.05) is 6.08 Å². The van der Waals surface area contributed by atoms with Gasteiger partial charge in [-0.1, -0.05) is 25.8 Å². The minimum atomic E-state index is 0. The SMILES string of the molecule is C=CCCCC.[Pd]. The maximum Gasteiger partial charge on any atom is 0 e. The van der Waals surface area contributed by atoms with Gasteiger partial charge in [0.2, 0.25) is 0 Å². The van der Waals surface area contributed by atoms with Gasteiger partial charge in [-0.3, -0.25) is 0 Å². The number of allylic oxidation sites excluding steroid dienone is 1. The van der Waals surface area contributed by atoms with Crippen LogP contribution in [0.4, 0.5) is 0 Å². The average molecular weight is 191 g/mol. The summed E-state index contributed by atoms with van der Waals surface area (Å²) >= 11 is 0. The van der Waals surface area contributed by atoms with Crippen LogP contribution >= 0.6 is 0 Å². The second-order valence-electron chi connectivity index (χ2n) is 1.43. The molecular formula is C6H12Pd. The van der Waals surface area contributed by atoms with Gasteiger partial charge in [-0.2, -0.15) is 0 Å². The molecule has 0 N–H and O–H groups in total. The Morgan fingerprint density at radius 3 is 2.29 bits per heavy atom. The fourth-order valence-corrected chi connectivity index (χ4v) is 0.348. The van der Waals surface area contributed by atoms with Gasteiger partial charge in [-0.15, -0.1) is 6.58 Å². The summed E-state index contributed by atoms with van der Waals surface area (Å²) in [5, 5.41) is 0. The minimum Gasteiger partial charge on any atom is -0.103 e. The first-order valence-corrected chi connectivity index (χ1v) is 2.52. The van der Waals surface area contributed by atoms with Gasteiger partial charge in [0.15, 0.2) is 0 Å². The first-order valence-electron chi connectivity index (χ1n) is 2.52. The van der Waals surface area contributed by atoms with Crippen molar-refractivity contribution >= 4 is 0 Å². The van der Waals surface area contributed by atoms with Crippen molar-refractivity contribution in [1.82, 2.24) is 0 Å². The van der Waals surface area contributed by atoms with Crippen LogP contribution in [0, 0.1) is 0 Å². The number of unbranched alkanes of at least 4 members (excludes halogenated alkanes) is 2. The van der Waals surface area contributed by atoms with Gasteiger partial charge in [0, 0.05) is 20.4 Å². The summed E-state index contributed by atoms with van der Waals surface area (Å²) in [5.74, 6) is 0. The molecule has 0 aromatic carbocycles. The molecule has 0 aromatic rings. The van der Waals surface area contributed by atoms with Crippen LogP contribution in [0.3, 0.4) is 0 Å². The summed E-state index contributed by atoms with van der Waals surface area (Å²) in [7, 11) is 0. The predicted octanol–water partition coefficient (Wildman–Crippen LogP) is 2.36. The molecule has 0 heterocycles. The number of hydrogen-bond donors (Lipinski definition) is 0. The van der Waals surface area contributed by atoms with Gasteiger partial charge >= 0.3 is 0 Å². The van der Waals surface area contributed by atoms with E-state index in [-0.39, 0.29) is 20.4 Å². The van der Waals surface area contributed by atoms with E-state index in [9.17, 15) is 0 Å². The van der Waals surface area contributed by atoms with E-state index in [1.165, 1.54) is 19.3 Å². The van der Waals surface area contributed by atoms with Gasteiger partial charge in [0.25, 0.3) is 0 Å². The fraction of sp³-hybridized carbons (Fsp3) is 0.667. The summed E-state index contributed by atoms with van der Waals surface area (Å²) in [6.45, 7) is 5.78. The van der Waals surface area contributed by atoms with Gasteiger partial charge in [-0.05, 0) is 6.42 Å². The van der Waals surface area contributed by atoms with E-state index in [4.69, 9.17) is 0 Å². The minimum absolute atomic E-state index is 0. The molecule has 0 saturated carbocycles. The molecule has 0 radical (unpaired) electrons. The Morgan fingerprint density at radius 2 is 2.14 bits per heavy atom. The largest absolute Gasteiger partial charge is 0.103 e. The van der Waals surface area contributed by atoms with Crippen LogP contribution in [-0.4, -0.2) is 0 Å². The van der Waals surface area contributed by atoms with E-state index in [0.29, 0.717) is 0 Å². The molecule has 1 heteroatoms. The summed E-state index contributed by atoms with van der Waals surface area (Å²) in [4.78, 5) is 0. The van der Waals surface area contributed by atoms with E-state index < -0.39 is 0 Å². The second-order valence-corrected chi connectivity index (χ2v) is 1.43. The molecule has 0 aliphatic rings. The van der Waals surface area contributed by atoms with E-state index in [0.717, 1.165) is 0 Å². The molecule has 0 amide bonds. The van der Waals surface area contributed by atoms with E-state index >= 15 is 0 Å².